The van der Waals surface area contributed by atoms with Gasteiger partial charge in [0.25, 0.3) is 0 Å². The van der Waals surface area contributed by atoms with Crippen molar-refractivity contribution in [1.82, 2.24) is 15.0 Å². The third kappa shape index (κ3) is 2.62. The molecular weight excluding hydrogens is 298 g/mol. The Balaban J connectivity index is 1.46. The zero-order valence-electron chi connectivity index (χ0n) is 12.8. The number of likely N-dealkylation sites (tertiary alicyclic amines) is 1. The molecule has 2 aliphatic rings. The Kier molecular flexibility index (Phi) is 3.40. The maximum atomic E-state index is 12.3. The lowest BCUT2D eigenvalue weighted by atomic mass is 10.1. The van der Waals surface area contributed by atoms with Gasteiger partial charge in [-0.05, 0) is 17.7 Å². The van der Waals surface area contributed by atoms with Crippen molar-refractivity contribution in [3.05, 3.63) is 35.5 Å². The molecule has 4 rings (SSSR count). The molecule has 1 saturated heterocycles. The summed E-state index contributed by atoms with van der Waals surface area (Å²) in [5, 5.41) is 3.91. The summed E-state index contributed by atoms with van der Waals surface area (Å²) in [6.45, 7) is 3.36. The second kappa shape index (κ2) is 5.57. The molecule has 1 aromatic heterocycles. The molecule has 0 spiro atoms. The average Bonchev–Trinajstić information content (AvgIpc) is 3.27. The standard InChI is InChI=1S/C16H17N3O4/c1-2-14-17-16(23-18-14)11-6-15(20)19(8-11)7-10-3-4-12-13(5-10)22-9-21-12/h3-5,11H,2,6-9H2,1H3/t11-/m1/s1. The fourth-order valence-corrected chi connectivity index (χ4v) is 2.93. The van der Waals surface area contributed by atoms with Gasteiger partial charge in [-0.1, -0.05) is 18.1 Å². The summed E-state index contributed by atoms with van der Waals surface area (Å²) in [4.78, 5) is 18.4. The maximum Gasteiger partial charge on any atom is 0.232 e. The highest BCUT2D eigenvalue weighted by molar-refractivity contribution is 5.79. The average molecular weight is 315 g/mol. The van der Waals surface area contributed by atoms with Crippen molar-refractivity contribution < 1.29 is 18.8 Å². The number of fused-ring (bicyclic) bond motifs is 1. The number of nitrogens with zero attached hydrogens (tertiary/aromatic N) is 3. The molecule has 7 heteroatoms. The van der Waals surface area contributed by atoms with Crippen LogP contribution in [0.1, 0.15) is 36.5 Å². The number of hydrogen-bond donors (Lipinski definition) is 0. The molecule has 1 atom stereocenters. The number of ether oxygens (including phenoxy) is 2. The van der Waals surface area contributed by atoms with Crippen LogP contribution in [0.15, 0.2) is 22.7 Å². The molecule has 0 aliphatic carbocycles. The second-order valence-electron chi connectivity index (χ2n) is 5.77. The topological polar surface area (TPSA) is 77.7 Å². The van der Waals surface area contributed by atoms with Crippen molar-refractivity contribution in [3.8, 4) is 11.5 Å². The van der Waals surface area contributed by atoms with E-state index in [0.717, 1.165) is 23.5 Å². The summed E-state index contributed by atoms with van der Waals surface area (Å²) in [6, 6.07) is 5.75. The summed E-state index contributed by atoms with van der Waals surface area (Å²) >= 11 is 0. The lowest BCUT2D eigenvalue weighted by molar-refractivity contribution is -0.128. The van der Waals surface area contributed by atoms with Crippen molar-refractivity contribution in [2.45, 2.75) is 32.2 Å². The highest BCUT2D eigenvalue weighted by atomic mass is 16.7. The van der Waals surface area contributed by atoms with Gasteiger partial charge in [0.05, 0.1) is 5.92 Å². The van der Waals surface area contributed by atoms with Crippen molar-refractivity contribution >= 4 is 5.91 Å². The molecule has 7 nitrogen and oxygen atoms in total. The van der Waals surface area contributed by atoms with E-state index in [1.807, 2.05) is 30.0 Å². The SMILES string of the molecule is CCc1noc([C@@H]2CC(=O)N(Cc3ccc4c(c3)OCO4)C2)n1. The van der Waals surface area contributed by atoms with E-state index in [-0.39, 0.29) is 18.6 Å². The number of aryl methyl sites for hydroxylation is 1. The van der Waals surface area contributed by atoms with Gasteiger partial charge in [-0.15, -0.1) is 0 Å². The maximum absolute atomic E-state index is 12.3. The molecule has 23 heavy (non-hydrogen) atoms. The molecule has 3 heterocycles. The third-order valence-electron chi connectivity index (χ3n) is 4.17. The number of amides is 1. The predicted molar refractivity (Wildman–Crippen MR) is 79.0 cm³/mol. The van der Waals surface area contributed by atoms with Crippen molar-refractivity contribution in [1.29, 1.82) is 0 Å². The molecule has 0 N–H and O–H groups in total. The van der Waals surface area contributed by atoms with E-state index in [1.165, 1.54) is 0 Å². The van der Waals surface area contributed by atoms with E-state index in [0.29, 0.717) is 31.2 Å². The fourth-order valence-electron chi connectivity index (χ4n) is 2.93. The van der Waals surface area contributed by atoms with E-state index in [9.17, 15) is 4.79 Å². The Morgan fingerprint density at radius 3 is 3.00 bits per heavy atom. The van der Waals surface area contributed by atoms with Crippen LogP contribution in [0.3, 0.4) is 0 Å². The van der Waals surface area contributed by atoms with Crippen LogP contribution in [-0.4, -0.2) is 34.3 Å². The van der Waals surface area contributed by atoms with Crippen LogP contribution < -0.4 is 9.47 Å². The largest absolute Gasteiger partial charge is 0.454 e. The predicted octanol–water partition coefficient (Wildman–Crippen LogP) is 1.88. The zero-order chi connectivity index (χ0) is 15.8. The van der Waals surface area contributed by atoms with Crippen LogP contribution in [0.25, 0.3) is 0 Å². The Morgan fingerprint density at radius 2 is 2.17 bits per heavy atom. The minimum absolute atomic E-state index is 0.0238. The number of rotatable bonds is 4. The van der Waals surface area contributed by atoms with Crippen LogP contribution in [0, 0.1) is 0 Å². The summed E-state index contributed by atoms with van der Waals surface area (Å²) in [6.07, 6.45) is 1.14. The first-order valence-corrected chi connectivity index (χ1v) is 7.71. The Hall–Kier alpha value is -2.57. The Morgan fingerprint density at radius 1 is 1.30 bits per heavy atom. The van der Waals surface area contributed by atoms with Gasteiger partial charge in [-0.3, -0.25) is 4.79 Å². The molecular formula is C16H17N3O4. The summed E-state index contributed by atoms with van der Waals surface area (Å²) in [5.41, 5.74) is 1.02. The normalized spacial score (nSPS) is 19.6. The summed E-state index contributed by atoms with van der Waals surface area (Å²) in [7, 11) is 0. The number of carbonyl (C=O) groups excluding carboxylic acids is 1. The Bertz CT molecular complexity index is 743. The molecule has 120 valence electrons. The molecule has 0 unspecified atom stereocenters. The molecule has 0 radical (unpaired) electrons. The van der Waals surface area contributed by atoms with E-state index in [2.05, 4.69) is 10.1 Å². The van der Waals surface area contributed by atoms with Gasteiger partial charge in [0.2, 0.25) is 18.6 Å². The van der Waals surface area contributed by atoms with Crippen LogP contribution in [0.5, 0.6) is 11.5 Å². The van der Waals surface area contributed by atoms with Crippen molar-refractivity contribution in [3.63, 3.8) is 0 Å². The lowest BCUT2D eigenvalue weighted by Crippen LogP contribution is -2.24. The van der Waals surface area contributed by atoms with Crippen LogP contribution in [0.4, 0.5) is 0 Å². The second-order valence-corrected chi connectivity index (χ2v) is 5.77. The molecule has 1 aromatic carbocycles. The highest BCUT2D eigenvalue weighted by Crippen LogP contribution is 2.34. The van der Waals surface area contributed by atoms with E-state index in [1.54, 1.807) is 0 Å². The van der Waals surface area contributed by atoms with E-state index < -0.39 is 0 Å². The molecule has 2 aromatic rings. The van der Waals surface area contributed by atoms with Gasteiger partial charge in [0.1, 0.15) is 0 Å². The van der Waals surface area contributed by atoms with Gasteiger partial charge in [-0.25, -0.2) is 0 Å². The lowest BCUT2D eigenvalue weighted by Gasteiger charge is -2.16. The van der Waals surface area contributed by atoms with Crippen LogP contribution in [0.2, 0.25) is 0 Å². The first-order valence-electron chi connectivity index (χ1n) is 7.71. The number of carbonyl (C=O) groups is 1. The van der Waals surface area contributed by atoms with Gasteiger partial charge < -0.3 is 18.9 Å². The number of aromatic nitrogens is 2. The molecule has 0 bridgehead atoms. The van der Waals surface area contributed by atoms with Gasteiger partial charge in [0, 0.05) is 25.9 Å². The van der Waals surface area contributed by atoms with Crippen LogP contribution in [-0.2, 0) is 17.8 Å². The van der Waals surface area contributed by atoms with Crippen molar-refractivity contribution in [2.75, 3.05) is 13.3 Å². The minimum atomic E-state index is -0.0238. The zero-order valence-corrected chi connectivity index (χ0v) is 12.8. The quantitative estimate of drug-likeness (QED) is 0.857. The molecule has 1 fully saturated rings. The summed E-state index contributed by atoms with van der Waals surface area (Å²) in [5.74, 6) is 2.80. The van der Waals surface area contributed by atoms with E-state index >= 15 is 0 Å². The highest BCUT2D eigenvalue weighted by Gasteiger charge is 2.34. The third-order valence-corrected chi connectivity index (χ3v) is 4.17. The fraction of sp³-hybridized carbons (Fsp3) is 0.438. The molecule has 0 saturated carbocycles. The van der Waals surface area contributed by atoms with E-state index in [4.69, 9.17) is 14.0 Å². The monoisotopic (exact) mass is 315 g/mol. The van der Waals surface area contributed by atoms with Gasteiger partial charge >= 0.3 is 0 Å². The summed E-state index contributed by atoms with van der Waals surface area (Å²) < 4.78 is 15.9. The molecule has 1 amide bonds. The van der Waals surface area contributed by atoms with Crippen molar-refractivity contribution in [2.24, 2.45) is 0 Å². The smallest absolute Gasteiger partial charge is 0.232 e. The number of benzene rings is 1. The van der Waals surface area contributed by atoms with Crippen LogP contribution >= 0.6 is 0 Å². The molecule has 2 aliphatic heterocycles. The minimum Gasteiger partial charge on any atom is -0.454 e. The Labute approximate surface area is 133 Å². The van der Waals surface area contributed by atoms with Gasteiger partial charge in [0.15, 0.2) is 17.3 Å². The first kappa shape index (κ1) is 14.0. The van der Waals surface area contributed by atoms with Gasteiger partial charge in [-0.2, -0.15) is 4.98 Å². The number of hydrogen-bond acceptors (Lipinski definition) is 6. The first-order chi connectivity index (χ1) is 11.2.